The molecule has 0 saturated heterocycles. The fourth-order valence-corrected chi connectivity index (χ4v) is 3.72. The number of ether oxygens (including phenoxy) is 2. The molecule has 1 unspecified atom stereocenters. The molecule has 0 aliphatic heterocycles. The minimum absolute atomic E-state index is 0. The molecular weight excluding hydrogens is 485 g/mol. The van der Waals surface area contributed by atoms with Crippen molar-refractivity contribution in [1.29, 1.82) is 0 Å². The third kappa shape index (κ3) is 9.25. The van der Waals surface area contributed by atoms with E-state index in [0.29, 0.717) is 25.8 Å². The van der Waals surface area contributed by atoms with Gasteiger partial charge in [0.1, 0.15) is 5.75 Å². The van der Waals surface area contributed by atoms with Gasteiger partial charge in [0.15, 0.2) is 5.96 Å². The number of nitrogens with one attached hydrogen (secondary N) is 2. The molecule has 0 amide bonds. The van der Waals surface area contributed by atoms with Crippen LogP contribution in [0.2, 0.25) is 0 Å². The molecule has 1 atom stereocenters. The van der Waals surface area contributed by atoms with E-state index in [9.17, 15) is 0 Å². The molecule has 1 heterocycles. The number of nitrogens with zero attached hydrogens (tertiary/aromatic N) is 1. The maximum absolute atomic E-state index is 5.76. The van der Waals surface area contributed by atoms with E-state index in [4.69, 9.17) is 9.47 Å². The van der Waals surface area contributed by atoms with Crippen molar-refractivity contribution in [2.45, 2.75) is 39.3 Å². The van der Waals surface area contributed by atoms with Gasteiger partial charge < -0.3 is 20.1 Å². The molecule has 156 valence electrons. The van der Waals surface area contributed by atoms with Crippen molar-refractivity contribution in [2.24, 2.45) is 4.99 Å². The van der Waals surface area contributed by atoms with E-state index in [2.05, 4.69) is 53.7 Å². The van der Waals surface area contributed by atoms with Crippen molar-refractivity contribution in [3.63, 3.8) is 0 Å². The second-order valence-corrected chi connectivity index (χ2v) is 7.90. The van der Waals surface area contributed by atoms with Gasteiger partial charge >= 0.3 is 0 Å². The van der Waals surface area contributed by atoms with Gasteiger partial charge in [-0.3, -0.25) is 4.99 Å². The molecule has 0 radical (unpaired) electrons. The van der Waals surface area contributed by atoms with Gasteiger partial charge in [-0.2, -0.15) is 0 Å². The summed E-state index contributed by atoms with van der Waals surface area (Å²) in [6.07, 6.45) is 1.88. The number of guanidine groups is 1. The molecule has 2 rings (SSSR count). The summed E-state index contributed by atoms with van der Waals surface area (Å²) in [6, 6.07) is 12.8. The zero-order valence-electron chi connectivity index (χ0n) is 17.2. The van der Waals surface area contributed by atoms with E-state index >= 15 is 0 Å². The molecule has 2 N–H and O–H groups in total. The van der Waals surface area contributed by atoms with Crippen LogP contribution in [-0.4, -0.2) is 39.4 Å². The van der Waals surface area contributed by atoms with Gasteiger partial charge in [0.05, 0.1) is 6.61 Å². The lowest BCUT2D eigenvalue weighted by atomic mass is 10.2. The highest BCUT2D eigenvalue weighted by atomic mass is 127. The van der Waals surface area contributed by atoms with E-state index in [1.165, 1.54) is 9.75 Å². The van der Waals surface area contributed by atoms with Crippen molar-refractivity contribution < 1.29 is 9.47 Å². The number of methoxy groups -OCH3 is 1. The summed E-state index contributed by atoms with van der Waals surface area (Å²) in [5.74, 6) is 1.69. The van der Waals surface area contributed by atoms with Crippen LogP contribution in [-0.2, 0) is 17.7 Å². The van der Waals surface area contributed by atoms with Crippen LogP contribution in [0.15, 0.2) is 41.4 Å². The predicted molar refractivity (Wildman–Crippen MR) is 129 cm³/mol. The van der Waals surface area contributed by atoms with E-state index in [0.717, 1.165) is 30.1 Å². The molecule has 1 aromatic heterocycles. The van der Waals surface area contributed by atoms with Gasteiger partial charge in [-0.25, -0.2) is 0 Å². The van der Waals surface area contributed by atoms with E-state index < -0.39 is 0 Å². The molecule has 28 heavy (non-hydrogen) atoms. The van der Waals surface area contributed by atoms with Crippen molar-refractivity contribution in [3.8, 4) is 5.75 Å². The zero-order valence-corrected chi connectivity index (χ0v) is 20.3. The molecule has 0 bridgehead atoms. The van der Waals surface area contributed by atoms with E-state index in [1.807, 2.05) is 23.5 Å². The van der Waals surface area contributed by atoms with Crippen molar-refractivity contribution in [1.82, 2.24) is 10.6 Å². The summed E-state index contributed by atoms with van der Waals surface area (Å²) in [4.78, 5) is 7.08. The van der Waals surface area contributed by atoms with Crippen molar-refractivity contribution in [3.05, 3.63) is 51.7 Å². The Balaban J connectivity index is 0.00000392. The molecule has 0 spiro atoms. The number of thiophene rings is 1. The Bertz CT molecular complexity index is 721. The first-order valence-corrected chi connectivity index (χ1v) is 10.2. The summed E-state index contributed by atoms with van der Waals surface area (Å²) in [6.45, 7) is 6.39. The fourth-order valence-electron chi connectivity index (χ4n) is 2.70. The average molecular weight is 517 g/mol. The standard InChI is InChI=1S/C21H31N3O2S.HI/c1-16(13-20-10-9-17(2)27-20)24-21(22-3)23-15-18-7-5-8-19(14-18)26-12-6-11-25-4;/h5,7-10,14,16H,6,11-13,15H2,1-4H3,(H2,22,23,24);1H. The van der Waals surface area contributed by atoms with Gasteiger partial charge in [-0.05, 0) is 43.7 Å². The van der Waals surface area contributed by atoms with Crippen molar-refractivity contribution >= 4 is 41.3 Å². The van der Waals surface area contributed by atoms with Gasteiger partial charge in [-0.15, -0.1) is 35.3 Å². The van der Waals surface area contributed by atoms with Crippen LogP contribution in [0.4, 0.5) is 0 Å². The fraction of sp³-hybridized carbons (Fsp3) is 0.476. The van der Waals surface area contributed by atoms with Gasteiger partial charge in [0, 0.05) is 55.9 Å². The van der Waals surface area contributed by atoms with Gasteiger partial charge in [0.25, 0.3) is 0 Å². The number of hydrogen-bond donors (Lipinski definition) is 2. The Morgan fingerprint density at radius 3 is 2.71 bits per heavy atom. The number of aliphatic imine (C=N–C) groups is 1. The summed E-state index contributed by atoms with van der Waals surface area (Å²) in [5, 5.41) is 6.84. The number of rotatable bonds is 10. The van der Waals surface area contributed by atoms with Crippen LogP contribution in [0.3, 0.4) is 0 Å². The monoisotopic (exact) mass is 517 g/mol. The molecule has 2 aromatic rings. The smallest absolute Gasteiger partial charge is 0.191 e. The van der Waals surface area contributed by atoms with Crippen molar-refractivity contribution in [2.75, 3.05) is 27.4 Å². The van der Waals surface area contributed by atoms with Gasteiger partial charge in [0.2, 0.25) is 0 Å². The predicted octanol–water partition coefficient (Wildman–Crippen LogP) is 4.39. The molecule has 0 fully saturated rings. The molecule has 0 aliphatic carbocycles. The highest BCUT2D eigenvalue weighted by Gasteiger charge is 2.08. The van der Waals surface area contributed by atoms with Crippen LogP contribution in [0.5, 0.6) is 5.75 Å². The minimum atomic E-state index is 0. The zero-order chi connectivity index (χ0) is 19.5. The first-order valence-electron chi connectivity index (χ1n) is 9.34. The Morgan fingerprint density at radius 2 is 2.04 bits per heavy atom. The maximum Gasteiger partial charge on any atom is 0.191 e. The summed E-state index contributed by atoms with van der Waals surface area (Å²) >= 11 is 1.85. The molecule has 0 saturated carbocycles. The molecule has 7 heteroatoms. The second-order valence-electron chi connectivity index (χ2n) is 6.53. The number of halogens is 1. The summed E-state index contributed by atoms with van der Waals surface area (Å²) in [5.41, 5.74) is 1.16. The normalized spacial score (nSPS) is 12.2. The van der Waals surface area contributed by atoms with E-state index in [1.54, 1.807) is 14.2 Å². The SMILES string of the molecule is CN=C(NCc1cccc(OCCCOC)c1)NC(C)Cc1ccc(C)s1.I. The summed E-state index contributed by atoms with van der Waals surface area (Å²) < 4.78 is 10.8. The third-order valence-electron chi connectivity index (χ3n) is 4.03. The van der Waals surface area contributed by atoms with Crippen LogP contribution >= 0.6 is 35.3 Å². The van der Waals surface area contributed by atoms with E-state index in [-0.39, 0.29) is 24.0 Å². The maximum atomic E-state index is 5.76. The number of benzene rings is 1. The Labute approximate surface area is 190 Å². The quantitative estimate of drug-likeness (QED) is 0.213. The molecule has 5 nitrogen and oxygen atoms in total. The lowest BCUT2D eigenvalue weighted by Gasteiger charge is -2.17. The average Bonchev–Trinajstić information content (AvgIpc) is 3.07. The van der Waals surface area contributed by atoms with Crippen LogP contribution in [0.1, 0.15) is 28.7 Å². The van der Waals surface area contributed by atoms with Crippen LogP contribution < -0.4 is 15.4 Å². The minimum Gasteiger partial charge on any atom is -0.493 e. The lowest BCUT2D eigenvalue weighted by Crippen LogP contribution is -2.42. The topological polar surface area (TPSA) is 54.9 Å². The number of hydrogen-bond acceptors (Lipinski definition) is 4. The Hall–Kier alpha value is -1.32. The van der Waals surface area contributed by atoms with Crippen LogP contribution in [0.25, 0.3) is 0 Å². The van der Waals surface area contributed by atoms with Crippen LogP contribution in [0, 0.1) is 6.92 Å². The second kappa shape index (κ2) is 13.8. The largest absolute Gasteiger partial charge is 0.493 e. The molecule has 0 aliphatic rings. The first kappa shape index (κ1) is 24.7. The third-order valence-corrected chi connectivity index (χ3v) is 5.05. The Morgan fingerprint density at radius 1 is 1.21 bits per heavy atom. The first-order chi connectivity index (χ1) is 13.1. The Kier molecular flexibility index (Phi) is 12.2. The molecular formula is C21H32IN3O2S. The molecule has 1 aromatic carbocycles. The highest BCUT2D eigenvalue weighted by molar-refractivity contribution is 14.0. The highest BCUT2D eigenvalue weighted by Crippen LogP contribution is 2.17. The van der Waals surface area contributed by atoms with Gasteiger partial charge in [-0.1, -0.05) is 12.1 Å². The number of aryl methyl sites for hydroxylation is 1. The lowest BCUT2D eigenvalue weighted by molar-refractivity contribution is 0.172. The summed E-state index contributed by atoms with van der Waals surface area (Å²) in [7, 11) is 3.50.